The molecule has 176 valence electrons. The van der Waals surface area contributed by atoms with Crippen LogP contribution in [0.1, 0.15) is 43.4 Å². The normalized spacial score (nSPS) is 19.1. The molecule has 1 amide bonds. The van der Waals surface area contributed by atoms with E-state index in [0.29, 0.717) is 24.6 Å². The number of anilines is 1. The van der Waals surface area contributed by atoms with Crippen LogP contribution in [0, 0.1) is 5.41 Å². The summed E-state index contributed by atoms with van der Waals surface area (Å²) in [7, 11) is 0. The van der Waals surface area contributed by atoms with Crippen molar-refractivity contribution in [2.24, 2.45) is 5.41 Å². The SMILES string of the molecule is C=CCc1cccc(Cl)c1C(O)CN1CCC2(CC1)CCN(c1ccc(OCC)cc1)C2=O. The first-order valence-corrected chi connectivity index (χ1v) is 12.2. The summed E-state index contributed by atoms with van der Waals surface area (Å²) in [6, 6.07) is 13.5. The lowest BCUT2D eigenvalue weighted by Gasteiger charge is -2.38. The van der Waals surface area contributed by atoms with E-state index in [4.69, 9.17) is 16.3 Å². The molecule has 2 aliphatic rings. The van der Waals surface area contributed by atoms with E-state index in [1.807, 2.05) is 60.4 Å². The lowest BCUT2D eigenvalue weighted by atomic mass is 9.77. The Kier molecular flexibility index (Phi) is 7.42. The van der Waals surface area contributed by atoms with Crippen LogP contribution in [0.25, 0.3) is 0 Å². The Labute approximate surface area is 201 Å². The number of piperidine rings is 1. The number of nitrogens with zero attached hydrogens (tertiary/aromatic N) is 2. The number of hydrogen-bond donors (Lipinski definition) is 1. The number of β-amino-alcohol motifs (C(OH)–C–C–N with tert-alkyl or cyclic N) is 1. The highest BCUT2D eigenvalue weighted by atomic mass is 35.5. The fourth-order valence-corrected chi connectivity index (χ4v) is 5.53. The molecular formula is C27H33ClN2O3. The number of carbonyl (C=O) groups is 1. The summed E-state index contributed by atoms with van der Waals surface area (Å²) in [5, 5.41) is 11.6. The van der Waals surface area contributed by atoms with Crippen LogP contribution in [0.15, 0.2) is 55.1 Å². The van der Waals surface area contributed by atoms with Crippen molar-refractivity contribution in [2.75, 3.05) is 37.7 Å². The molecule has 2 fully saturated rings. The molecule has 0 aliphatic carbocycles. The van der Waals surface area contributed by atoms with Crippen molar-refractivity contribution in [3.8, 4) is 5.75 Å². The second-order valence-electron chi connectivity index (χ2n) is 9.04. The highest BCUT2D eigenvalue weighted by Crippen LogP contribution is 2.43. The Morgan fingerprint density at radius 2 is 1.85 bits per heavy atom. The van der Waals surface area contributed by atoms with Crippen molar-refractivity contribution < 1.29 is 14.6 Å². The molecule has 0 aromatic heterocycles. The van der Waals surface area contributed by atoms with Crippen molar-refractivity contribution in [2.45, 2.75) is 38.7 Å². The van der Waals surface area contributed by atoms with Crippen LogP contribution in [0.5, 0.6) is 5.75 Å². The van der Waals surface area contributed by atoms with Gasteiger partial charge >= 0.3 is 0 Å². The van der Waals surface area contributed by atoms with Crippen molar-refractivity contribution >= 4 is 23.2 Å². The molecule has 2 saturated heterocycles. The van der Waals surface area contributed by atoms with Crippen LogP contribution in [-0.4, -0.2) is 48.7 Å². The zero-order valence-corrected chi connectivity index (χ0v) is 20.1. The Morgan fingerprint density at radius 1 is 1.15 bits per heavy atom. The Morgan fingerprint density at radius 3 is 2.52 bits per heavy atom. The molecule has 0 saturated carbocycles. The third-order valence-electron chi connectivity index (χ3n) is 7.06. The monoisotopic (exact) mass is 468 g/mol. The largest absolute Gasteiger partial charge is 0.494 e. The summed E-state index contributed by atoms with van der Waals surface area (Å²) >= 11 is 6.43. The first-order valence-electron chi connectivity index (χ1n) is 11.8. The fraction of sp³-hybridized carbons (Fsp3) is 0.444. The highest BCUT2D eigenvalue weighted by molar-refractivity contribution is 6.31. The number of ether oxygens (including phenoxy) is 1. The van der Waals surface area contributed by atoms with Gasteiger partial charge in [0.15, 0.2) is 0 Å². The minimum absolute atomic E-state index is 0.228. The van der Waals surface area contributed by atoms with Crippen molar-refractivity contribution in [3.05, 3.63) is 71.3 Å². The molecule has 1 spiro atoms. The number of allylic oxidation sites excluding steroid dienone is 1. The van der Waals surface area contributed by atoms with Crippen LogP contribution >= 0.6 is 11.6 Å². The van der Waals surface area contributed by atoms with Gasteiger partial charge in [-0.2, -0.15) is 0 Å². The van der Waals surface area contributed by atoms with E-state index < -0.39 is 6.10 Å². The van der Waals surface area contributed by atoms with Crippen molar-refractivity contribution in [3.63, 3.8) is 0 Å². The Balaban J connectivity index is 1.38. The quantitative estimate of drug-likeness (QED) is 0.553. The third-order valence-corrected chi connectivity index (χ3v) is 7.39. The standard InChI is InChI=1S/C27H33ClN2O3/c1-3-6-20-7-5-8-23(28)25(20)24(31)19-29-16-13-27(14-17-29)15-18-30(26(27)32)21-9-11-22(12-10-21)33-4-2/h3,5,7-12,24,31H,1,4,6,13-19H2,2H3. The molecule has 6 heteroatoms. The summed E-state index contributed by atoms with van der Waals surface area (Å²) in [5.41, 5.74) is 2.44. The molecule has 0 radical (unpaired) electrons. The van der Waals surface area contributed by atoms with Crippen LogP contribution in [-0.2, 0) is 11.2 Å². The van der Waals surface area contributed by atoms with Gasteiger partial charge in [-0.3, -0.25) is 4.79 Å². The molecule has 2 aromatic carbocycles. The molecular weight excluding hydrogens is 436 g/mol. The van der Waals surface area contributed by atoms with Gasteiger partial charge in [0.1, 0.15) is 5.75 Å². The number of likely N-dealkylation sites (tertiary alicyclic amines) is 1. The van der Waals surface area contributed by atoms with E-state index in [1.54, 1.807) is 0 Å². The first-order chi connectivity index (χ1) is 16.0. The molecule has 0 bridgehead atoms. The number of hydrogen-bond acceptors (Lipinski definition) is 4. The Hall–Kier alpha value is -2.34. The second-order valence-corrected chi connectivity index (χ2v) is 9.44. The average molecular weight is 469 g/mol. The third kappa shape index (κ3) is 4.96. The fourth-order valence-electron chi connectivity index (χ4n) is 5.21. The van der Waals surface area contributed by atoms with Crippen LogP contribution in [0.3, 0.4) is 0 Å². The van der Waals surface area contributed by atoms with Crippen LogP contribution in [0.4, 0.5) is 5.69 Å². The lowest BCUT2D eigenvalue weighted by molar-refractivity contribution is -0.128. The summed E-state index contributed by atoms with van der Waals surface area (Å²) in [4.78, 5) is 17.6. The van der Waals surface area contributed by atoms with Gasteiger partial charge in [0.2, 0.25) is 5.91 Å². The molecule has 2 heterocycles. The van der Waals surface area contributed by atoms with E-state index in [-0.39, 0.29) is 11.3 Å². The van der Waals surface area contributed by atoms with Crippen molar-refractivity contribution in [1.82, 2.24) is 4.90 Å². The molecule has 1 atom stereocenters. The second kappa shape index (κ2) is 10.3. The molecule has 5 nitrogen and oxygen atoms in total. The maximum atomic E-state index is 13.4. The van der Waals surface area contributed by atoms with E-state index in [1.165, 1.54) is 0 Å². The van der Waals surface area contributed by atoms with Gasteiger partial charge in [0.25, 0.3) is 0 Å². The first kappa shape index (κ1) is 23.8. The van der Waals surface area contributed by atoms with Crippen LogP contribution < -0.4 is 9.64 Å². The molecule has 2 aliphatic heterocycles. The molecule has 1 unspecified atom stereocenters. The number of aliphatic hydroxyl groups is 1. The number of benzene rings is 2. The minimum Gasteiger partial charge on any atom is -0.494 e. The topological polar surface area (TPSA) is 53.0 Å². The predicted octanol–water partition coefficient (Wildman–Crippen LogP) is 5.02. The van der Waals surface area contributed by atoms with E-state index in [2.05, 4.69) is 11.5 Å². The zero-order valence-electron chi connectivity index (χ0n) is 19.3. The number of aliphatic hydroxyl groups excluding tert-OH is 1. The predicted molar refractivity (Wildman–Crippen MR) is 133 cm³/mol. The van der Waals surface area contributed by atoms with Gasteiger partial charge < -0.3 is 19.6 Å². The molecule has 1 N–H and O–H groups in total. The van der Waals surface area contributed by atoms with Gasteiger partial charge in [-0.1, -0.05) is 29.8 Å². The summed E-state index contributed by atoms with van der Waals surface area (Å²) in [5.74, 6) is 1.05. The van der Waals surface area contributed by atoms with E-state index in [0.717, 1.165) is 61.5 Å². The van der Waals surface area contributed by atoms with Crippen molar-refractivity contribution in [1.29, 1.82) is 0 Å². The minimum atomic E-state index is -0.665. The smallest absolute Gasteiger partial charge is 0.233 e. The summed E-state index contributed by atoms with van der Waals surface area (Å²) in [6.07, 6.45) is 4.34. The van der Waals surface area contributed by atoms with Gasteiger partial charge in [-0.05, 0) is 81.6 Å². The van der Waals surface area contributed by atoms with E-state index in [9.17, 15) is 9.90 Å². The molecule has 2 aromatic rings. The maximum absolute atomic E-state index is 13.4. The average Bonchev–Trinajstić information content (AvgIpc) is 3.12. The van der Waals surface area contributed by atoms with Gasteiger partial charge in [-0.25, -0.2) is 0 Å². The lowest BCUT2D eigenvalue weighted by Crippen LogP contribution is -2.45. The summed E-state index contributed by atoms with van der Waals surface area (Å²) in [6.45, 7) is 9.25. The molecule has 4 rings (SSSR count). The number of halogens is 1. The maximum Gasteiger partial charge on any atom is 0.233 e. The molecule has 33 heavy (non-hydrogen) atoms. The van der Waals surface area contributed by atoms with Gasteiger partial charge in [0, 0.05) is 29.4 Å². The van der Waals surface area contributed by atoms with Crippen LogP contribution in [0.2, 0.25) is 5.02 Å². The van der Waals surface area contributed by atoms with E-state index >= 15 is 0 Å². The van der Waals surface area contributed by atoms with Gasteiger partial charge in [0.05, 0.1) is 18.1 Å². The zero-order chi connectivity index (χ0) is 23.4. The number of carbonyl (C=O) groups excluding carboxylic acids is 1. The summed E-state index contributed by atoms with van der Waals surface area (Å²) < 4.78 is 5.52. The Bertz CT molecular complexity index is 983. The highest BCUT2D eigenvalue weighted by Gasteiger charge is 2.48. The number of rotatable bonds is 8. The number of amides is 1. The van der Waals surface area contributed by atoms with Gasteiger partial charge in [-0.15, -0.1) is 6.58 Å².